The Morgan fingerprint density at radius 3 is 2.26 bits per heavy atom. The van der Waals surface area contributed by atoms with Gasteiger partial charge in [0.15, 0.2) is 5.13 Å². The predicted octanol–water partition coefficient (Wildman–Crippen LogP) is 4.19. The summed E-state index contributed by atoms with van der Waals surface area (Å²) < 4.78 is 0. The molecule has 2 amide bonds. The minimum atomic E-state index is -0.108. The van der Waals surface area contributed by atoms with Crippen molar-refractivity contribution < 1.29 is 9.59 Å². The van der Waals surface area contributed by atoms with Crippen molar-refractivity contribution in [3.05, 3.63) is 77.8 Å². The molecule has 31 heavy (non-hydrogen) atoms. The number of benzene rings is 2. The van der Waals surface area contributed by atoms with Gasteiger partial charge in [0.2, 0.25) is 11.8 Å². The maximum Gasteiger partial charge on any atom is 0.246 e. The van der Waals surface area contributed by atoms with Gasteiger partial charge < -0.3 is 9.80 Å². The van der Waals surface area contributed by atoms with Crippen LogP contribution in [0.2, 0.25) is 0 Å². The minimum absolute atomic E-state index is 0.0197. The Labute approximate surface area is 186 Å². The van der Waals surface area contributed by atoms with Gasteiger partial charge in [-0.2, -0.15) is 0 Å². The van der Waals surface area contributed by atoms with Crippen LogP contribution in [0.1, 0.15) is 12.6 Å². The summed E-state index contributed by atoms with van der Waals surface area (Å²) in [5.41, 5.74) is 2.62. The monoisotopic (exact) mass is 432 g/mol. The molecule has 0 spiro atoms. The molecule has 0 aliphatic carbocycles. The number of thiazole rings is 1. The molecule has 2 aromatic carbocycles. The topological polar surface area (TPSA) is 56.8 Å². The molecule has 1 saturated heterocycles. The number of nitrogens with zero attached hydrogens (tertiary/aromatic N) is 4. The summed E-state index contributed by atoms with van der Waals surface area (Å²) in [6, 6.07) is 19.7. The van der Waals surface area contributed by atoms with E-state index < -0.39 is 0 Å². The number of hydrogen-bond acceptors (Lipinski definition) is 5. The number of aromatic nitrogens is 1. The van der Waals surface area contributed by atoms with Gasteiger partial charge in [-0.25, -0.2) is 4.98 Å². The normalized spacial score (nSPS) is 14.1. The standard InChI is InChI=1S/C24H24N4O2S/c1-19(29)28(22-10-6-3-7-11-22)24-25-20(18-31-24)12-13-23(30)27-16-14-26(15-17-27)21-8-4-2-5-9-21/h2-13,18H,14-17H2,1H3/b13-12+. The Bertz CT molecular complexity index is 1060. The molecule has 2 heterocycles. The summed E-state index contributed by atoms with van der Waals surface area (Å²) in [6.45, 7) is 4.52. The number of amides is 2. The fourth-order valence-electron chi connectivity index (χ4n) is 3.55. The molecule has 3 aromatic rings. The zero-order valence-electron chi connectivity index (χ0n) is 17.3. The van der Waals surface area contributed by atoms with Crippen LogP contribution in [-0.2, 0) is 9.59 Å². The SMILES string of the molecule is CC(=O)N(c1ccccc1)c1nc(/C=C/C(=O)N2CCN(c3ccccc3)CC2)cs1. The summed E-state index contributed by atoms with van der Waals surface area (Å²) in [5, 5.41) is 2.44. The van der Waals surface area contributed by atoms with E-state index in [1.807, 2.05) is 58.8 Å². The van der Waals surface area contributed by atoms with Gasteiger partial charge in [0.1, 0.15) is 0 Å². The van der Waals surface area contributed by atoms with Crippen LogP contribution >= 0.6 is 11.3 Å². The van der Waals surface area contributed by atoms with Crippen LogP contribution in [0.25, 0.3) is 6.08 Å². The molecule has 1 fully saturated rings. The largest absolute Gasteiger partial charge is 0.368 e. The van der Waals surface area contributed by atoms with E-state index >= 15 is 0 Å². The van der Waals surface area contributed by atoms with E-state index in [1.54, 1.807) is 17.1 Å². The summed E-state index contributed by atoms with van der Waals surface area (Å²) in [7, 11) is 0. The highest BCUT2D eigenvalue weighted by atomic mass is 32.1. The van der Waals surface area contributed by atoms with E-state index in [0.717, 1.165) is 18.8 Å². The van der Waals surface area contributed by atoms with E-state index in [-0.39, 0.29) is 11.8 Å². The van der Waals surface area contributed by atoms with Gasteiger partial charge >= 0.3 is 0 Å². The predicted molar refractivity (Wildman–Crippen MR) is 126 cm³/mol. The van der Waals surface area contributed by atoms with E-state index in [1.165, 1.54) is 23.9 Å². The fraction of sp³-hybridized carbons (Fsp3) is 0.208. The van der Waals surface area contributed by atoms with Crippen molar-refractivity contribution in [1.82, 2.24) is 9.88 Å². The quantitative estimate of drug-likeness (QED) is 0.568. The minimum Gasteiger partial charge on any atom is -0.368 e. The number of para-hydroxylation sites is 2. The average molecular weight is 433 g/mol. The maximum absolute atomic E-state index is 12.6. The lowest BCUT2D eigenvalue weighted by Gasteiger charge is -2.35. The summed E-state index contributed by atoms with van der Waals surface area (Å²) in [6.07, 6.45) is 3.28. The van der Waals surface area contributed by atoms with Crippen LogP contribution in [0.15, 0.2) is 72.1 Å². The average Bonchev–Trinajstić information content (AvgIpc) is 3.27. The van der Waals surface area contributed by atoms with Crippen LogP contribution < -0.4 is 9.80 Å². The summed E-state index contributed by atoms with van der Waals surface area (Å²) >= 11 is 1.38. The molecule has 0 radical (unpaired) electrons. The number of carbonyl (C=O) groups is 2. The zero-order valence-corrected chi connectivity index (χ0v) is 18.2. The Kier molecular flexibility index (Phi) is 6.43. The van der Waals surface area contributed by atoms with Crippen molar-refractivity contribution in [2.45, 2.75) is 6.92 Å². The molecular formula is C24H24N4O2S. The van der Waals surface area contributed by atoms with Gasteiger partial charge in [-0.05, 0) is 30.3 Å². The fourth-order valence-corrected chi connectivity index (χ4v) is 4.40. The van der Waals surface area contributed by atoms with Crippen LogP contribution in [0.4, 0.5) is 16.5 Å². The van der Waals surface area contributed by atoms with E-state index in [4.69, 9.17) is 0 Å². The summed E-state index contributed by atoms with van der Waals surface area (Å²) in [5.74, 6) is -0.128. The van der Waals surface area contributed by atoms with Gasteiger partial charge in [-0.3, -0.25) is 14.5 Å². The first-order valence-corrected chi connectivity index (χ1v) is 11.1. The third kappa shape index (κ3) is 5.00. The van der Waals surface area contributed by atoms with Crippen LogP contribution in [-0.4, -0.2) is 47.9 Å². The highest BCUT2D eigenvalue weighted by molar-refractivity contribution is 7.14. The molecule has 0 saturated carbocycles. The molecule has 0 N–H and O–H groups in total. The number of piperazine rings is 1. The highest BCUT2D eigenvalue weighted by Gasteiger charge is 2.20. The second-order valence-corrected chi connectivity index (χ2v) is 8.06. The molecule has 0 bridgehead atoms. The first-order chi connectivity index (χ1) is 15.1. The lowest BCUT2D eigenvalue weighted by molar-refractivity contribution is -0.126. The van der Waals surface area contributed by atoms with Gasteiger partial charge in [0.05, 0.1) is 11.4 Å². The van der Waals surface area contributed by atoms with Crippen molar-refractivity contribution in [1.29, 1.82) is 0 Å². The lowest BCUT2D eigenvalue weighted by Crippen LogP contribution is -2.48. The van der Waals surface area contributed by atoms with Gasteiger partial charge in [-0.15, -0.1) is 11.3 Å². The van der Waals surface area contributed by atoms with Crippen molar-refractivity contribution in [2.75, 3.05) is 36.0 Å². The third-order valence-electron chi connectivity index (χ3n) is 5.14. The van der Waals surface area contributed by atoms with Crippen LogP contribution in [0, 0.1) is 0 Å². The summed E-state index contributed by atoms with van der Waals surface area (Å²) in [4.78, 5) is 35.0. The van der Waals surface area contributed by atoms with Crippen molar-refractivity contribution in [3.8, 4) is 0 Å². The third-order valence-corrected chi connectivity index (χ3v) is 5.98. The van der Waals surface area contributed by atoms with E-state index in [2.05, 4.69) is 22.0 Å². The smallest absolute Gasteiger partial charge is 0.246 e. The van der Waals surface area contributed by atoms with Crippen LogP contribution in [0.3, 0.4) is 0 Å². The van der Waals surface area contributed by atoms with Crippen molar-refractivity contribution in [2.24, 2.45) is 0 Å². The van der Waals surface area contributed by atoms with E-state index in [9.17, 15) is 9.59 Å². The Morgan fingerprint density at radius 2 is 1.61 bits per heavy atom. The molecule has 1 aliphatic rings. The van der Waals surface area contributed by atoms with Gasteiger partial charge in [0.25, 0.3) is 0 Å². The highest BCUT2D eigenvalue weighted by Crippen LogP contribution is 2.29. The van der Waals surface area contributed by atoms with Crippen LogP contribution in [0.5, 0.6) is 0 Å². The Morgan fingerprint density at radius 1 is 0.968 bits per heavy atom. The Hall–Kier alpha value is -3.45. The molecule has 0 unspecified atom stereocenters. The number of hydrogen-bond donors (Lipinski definition) is 0. The van der Waals surface area contributed by atoms with E-state index in [0.29, 0.717) is 23.9 Å². The lowest BCUT2D eigenvalue weighted by atomic mass is 10.2. The van der Waals surface area contributed by atoms with Gasteiger partial charge in [0, 0.05) is 50.2 Å². The zero-order chi connectivity index (χ0) is 21.6. The molecule has 0 atom stereocenters. The van der Waals surface area contributed by atoms with Crippen molar-refractivity contribution in [3.63, 3.8) is 0 Å². The molecule has 1 aromatic heterocycles. The number of anilines is 3. The Balaban J connectivity index is 1.38. The first kappa shape index (κ1) is 20.8. The second kappa shape index (κ2) is 9.57. The molecule has 1 aliphatic heterocycles. The maximum atomic E-state index is 12.6. The molecule has 4 rings (SSSR count). The molecule has 7 heteroatoms. The number of carbonyl (C=O) groups excluding carboxylic acids is 2. The molecule has 6 nitrogen and oxygen atoms in total. The van der Waals surface area contributed by atoms with Crippen molar-refractivity contribution >= 4 is 45.7 Å². The first-order valence-electron chi connectivity index (χ1n) is 10.2. The number of rotatable bonds is 5. The molecular weight excluding hydrogens is 408 g/mol. The second-order valence-electron chi connectivity index (χ2n) is 7.23. The van der Waals surface area contributed by atoms with Gasteiger partial charge in [-0.1, -0.05) is 36.4 Å². The molecule has 158 valence electrons.